The van der Waals surface area contributed by atoms with Gasteiger partial charge in [0.2, 0.25) is 11.9 Å². The van der Waals surface area contributed by atoms with E-state index in [-0.39, 0.29) is 5.95 Å². The van der Waals surface area contributed by atoms with Gasteiger partial charge in [0.15, 0.2) is 5.82 Å². The first-order chi connectivity index (χ1) is 13.2. The molecule has 8 nitrogen and oxygen atoms in total. The number of nitrogen functional groups attached to an aromatic ring is 1. The van der Waals surface area contributed by atoms with Crippen molar-refractivity contribution in [1.29, 1.82) is 0 Å². The van der Waals surface area contributed by atoms with Crippen molar-refractivity contribution in [2.75, 3.05) is 37.1 Å². The molecule has 2 aromatic rings. The first-order valence-electron chi connectivity index (χ1n) is 9.29. The van der Waals surface area contributed by atoms with Crippen LogP contribution in [0.3, 0.4) is 0 Å². The summed E-state index contributed by atoms with van der Waals surface area (Å²) in [5, 5.41) is 0.396. The second-order valence-corrected chi connectivity index (χ2v) is 8.17. The number of fused-ring (bicyclic) bond motifs is 2. The molecular formula is C18H19ClN6O2. The van der Waals surface area contributed by atoms with Gasteiger partial charge in [-0.1, -0.05) is 17.7 Å². The molecule has 2 unspecified atom stereocenters. The summed E-state index contributed by atoms with van der Waals surface area (Å²) in [5.41, 5.74) is 6.64. The van der Waals surface area contributed by atoms with E-state index in [1.807, 2.05) is 12.1 Å². The highest BCUT2D eigenvalue weighted by molar-refractivity contribution is 6.29. The third-order valence-corrected chi connectivity index (χ3v) is 6.48. The minimum absolute atomic E-state index is 0.200. The van der Waals surface area contributed by atoms with Crippen LogP contribution >= 0.6 is 11.6 Å². The maximum Gasteiger partial charge on any atom is 0.231 e. The maximum absolute atomic E-state index is 6.05. The molecule has 0 bridgehead atoms. The first kappa shape index (κ1) is 16.0. The molecule has 2 aliphatic carbocycles. The molecule has 2 saturated carbocycles. The fourth-order valence-corrected chi connectivity index (χ4v) is 5.02. The zero-order valence-electron chi connectivity index (χ0n) is 14.5. The predicted octanol–water partition coefficient (Wildman–Crippen LogP) is 1.27. The average molecular weight is 387 g/mol. The highest BCUT2D eigenvalue weighted by atomic mass is 35.5. The third-order valence-electron chi connectivity index (χ3n) is 6.27. The summed E-state index contributed by atoms with van der Waals surface area (Å²) in [4.78, 5) is 20.2. The third kappa shape index (κ3) is 2.50. The van der Waals surface area contributed by atoms with E-state index in [2.05, 4.69) is 19.9 Å². The molecule has 0 aromatic carbocycles. The van der Waals surface area contributed by atoms with Crippen LogP contribution < -0.4 is 10.6 Å². The van der Waals surface area contributed by atoms with E-state index < -0.39 is 0 Å². The lowest BCUT2D eigenvalue weighted by Gasteiger charge is -2.27. The maximum atomic E-state index is 6.05. The molecular weight excluding hydrogens is 368 g/mol. The summed E-state index contributed by atoms with van der Waals surface area (Å²) in [6.45, 7) is 3.25. The summed E-state index contributed by atoms with van der Waals surface area (Å²) in [6, 6.07) is 6.20. The van der Waals surface area contributed by atoms with Crippen molar-refractivity contribution in [3.05, 3.63) is 23.4 Å². The Bertz CT molecular complexity index is 867. The van der Waals surface area contributed by atoms with Gasteiger partial charge in [-0.15, -0.1) is 0 Å². The Kier molecular flexibility index (Phi) is 3.39. The summed E-state index contributed by atoms with van der Waals surface area (Å²) in [6.07, 6.45) is 0. The van der Waals surface area contributed by atoms with Crippen LogP contribution in [0.25, 0.3) is 11.5 Å². The summed E-state index contributed by atoms with van der Waals surface area (Å²) >= 11 is 6.04. The molecule has 2 aromatic heterocycles. The molecule has 2 saturated heterocycles. The molecule has 2 aliphatic heterocycles. The molecule has 4 fully saturated rings. The Morgan fingerprint density at radius 2 is 1.52 bits per heavy atom. The van der Waals surface area contributed by atoms with Crippen molar-refractivity contribution in [3.63, 3.8) is 0 Å². The number of pyridine rings is 1. The zero-order chi connectivity index (χ0) is 18.1. The minimum Gasteiger partial charge on any atom is -0.381 e. The molecule has 2 N–H and O–H groups in total. The second kappa shape index (κ2) is 5.73. The lowest BCUT2D eigenvalue weighted by Crippen LogP contribution is -2.37. The summed E-state index contributed by atoms with van der Waals surface area (Å²) in [5.74, 6) is 3.50. The van der Waals surface area contributed by atoms with E-state index in [9.17, 15) is 0 Å². The molecule has 6 rings (SSSR count). The van der Waals surface area contributed by atoms with Gasteiger partial charge in [-0.2, -0.15) is 15.0 Å². The number of hydrogen-bond acceptors (Lipinski definition) is 8. The van der Waals surface area contributed by atoms with Gasteiger partial charge in [-0.3, -0.25) is 0 Å². The number of hydrogen-bond donors (Lipinski definition) is 1. The van der Waals surface area contributed by atoms with E-state index in [1.165, 1.54) is 0 Å². The minimum atomic E-state index is 0.200. The topological polar surface area (TPSA) is 99.3 Å². The predicted molar refractivity (Wildman–Crippen MR) is 98.1 cm³/mol. The van der Waals surface area contributed by atoms with Crippen LogP contribution in [0, 0.1) is 23.7 Å². The molecule has 0 amide bonds. The van der Waals surface area contributed by atoms with Gasteiger partial charge in [-0.05, 0) is 12.1 Å². The number of nitrogens with zero attached hydrogens (tertiary/aromatic N) is 5. The first-order valence-corrected chi connectivity index (χ1v) is 9.67. The molecule has 4 heterocycles. The van der Waals surface area contributed by atoms with Crippen molar-refractivity contribution >= 4 is 23.5 Å². The SMILES string of the molecule is Nc1nc(-c2cccc(Cl)n2)nc(N(C2[C@H]3COC[C@@H]23)C2[C@H]3COC[C@@H]23)n1. The van der Waals surface area contributed by atoms with Gasteiger partial charge in [0.25, 0.3) is 0 Å². The number of rotatable bonds is 4. The van der Waals surface area contributed by atoms with Crippen molar-refractivity contribution in [2.24, 2.45) is 23.7 Å². The van der Waals surface area contributed by atoms with Crippen molar-refractivity contribution in [3.8, 4) is 11.5 Å². The van der Waals surface area contributed by atoms with E-state index >= 15 is 0 Å². The van der Waals surface area contributed by atoms with E-state index in [0.29, 0.717) is 58.4 Å². The van der Waals surface area contributed by atoms with E-state index in [0.717, 1.165) is 26.4 Å². The second-order valence-electron chi connectivity index (χ2n) is 7.78. The number of ether oxygens (including phenoxy) is 2. The highest BCUT2D eigenvalue weighted by Gasteiger charge is 2.66. The van der Waals surface area contributed by atoms with Gasteiger partial charge >= 0.3 is 0 Å². The normalized spacial score (nSPS) is 35.6. The van der Waals surface area contributed by atoms with Gasteiger partial charge in [0.1, 0.15) is 10.8 Å². The zero-order valence-corrected chi connectivity index (χ0v) is 15.3. The Morgan fingerprint density at radius 3 is 2.11 bits per heavy atom. The monoisotopic (exact) mass is 386 g/mol. The molecule has 140 valence electrons. The molecule has 6 atom stereocenters. The van der Waals surface area contributed by atoms with Crippen molar-refractivity contribution < 1.29 is 9.47 Å². The van der Waals surface area contributed by atoms with Gasteiger partial charge in [0, 0.05) is 35.8 Å². The van der Waals surface area contributed by atoms with Crippen LogP contribution in [0.15, 0.2) is 18.2 Å². The van der Waals surface area contributed by atoms with Crippen LogP contribution in [0.2, 0.25) is 5.15 Å². The Labute approximate surface area is 161 Å². The summed E-state index contributed by atoms with van der Waals surface area (Å²) in [7, 11) is 0. The number of aromatic nitrogens is 4. The quantitative estimate of drug-likeness (QED) is 0.784. The van der Waals surface area contributed by atoms with Crippen molar-refractivity contribution in [1.82, 2.24) is 19.9 Å². The standard InChI is InChI=1S/C18H19ClN6O2/c19-13-3-1-2-12(21-13)16-22-17(20)24-18(23-16)25(14-8-4-26-5-9(8)14)15-10-6-27-7-11(10)15/h1-3,8-11,14-15H,4-7H2,(H2,20,22,23,24)/t8-,9+,10-,11+,14?,15?. The van der Waals surface area contributed by atoms with E-state index in [4.69, 9.17) is 31.8 Å². The number of halogens is 1. The summed E-state index contributed by atoms with van der Waals surface area (Å²) < 4.78 is 11.2. The largest absolute Gasteiger partial charge is 0.381 e. The fraction of sp³-hybridized carbons (Fsp3) is 0.556. The van der Waals surface area contributed by atoms with Gasteiger partial charge in [0.05, 0.1) is 26.4 Å². The van der Waals surface area contributed by atoms with Gasteiger partial charge < -0.3 is 20.1 Å². The van der Waals surface area contributed by atoms with Crippen molar-refractivity contribution in [2.45, 2.75) is 12.1 Å². The number of nitrogens with two attached hydrogens (primary N) is 1. The van der Waals surface area contributed by atoms with Crippen LogP contribution in [-0.4, -0.2) is 58.4 Å². The Morgan fingerprint density at radius 1 is 0.889 bits per heavy atom. The molecule has 9 heteroatoms. The van der Waals surface area contributed by atoms with Crippen LogP contribution in [0.1, 0.15) is 0 Å². The fourth-order valence-electron chi connectivity index (χ4n) is 4.85. The Balaban J connectivity index is 1.40. The molecule has 0 spiro atoms. The molecule has 0 radical (unpaired) electrons. The van der Waals surface area contributed by atoms with Crippen LogP contribution in [0.5, 0.6) is 0 Å². The molecule has 4 aliphatic rings. The van der Waals surface area contributed by atoms with Crippen LogP contribution in [0.4, 0.5) is 11.9 Å². The number of anilines is 2. The van der Waals surface area contributed by atoms with Gasteiger partial charge in [-0.25, -0.2) is 4.98 Å². The smallest absolute Gasteiger partial charge is 0.231 e. The lowest BCUT2D eigenvalue weighted by atomic mass is 10.3. The average Bonchev–Trinajstić information content (AvgIpc) is 3.31. The Hall–Kier alpha value is -2.03. The van der Waals surface area contributed by atoms with Crippen LogP contribution in [-0.2, 0) is 9.47 Å². The van der Waals surface area contributed by atoms with E-state index in [1.54, 1.807) is 6.07 Å². The molecule has 27 heavy (non-hydrogen) atoms. The highest BCUT2D eigenvalue weighted by Crippen LogP contribution is 2.56. The lowest BCUT2D eigenvalue weighted by molar-refractivity contribution is 0.149.